The fourth-order valence-electron chi connectivity index (χ4n) is 2.77. The first-order chi connectivity index (χ1) is 9.01. The van der Waals surface area contributed by atoms with Gasteiger partial charge in [-0.1, -0.05) is 13.8 Å². The topological polar surface area (TPSA) is 33.1 Å². The molecule has 1 aliphatic rings. The van der Waals surface area contributed by atoms with Crippen molar-refractivity contribution in [2.45, 2.75) is 58.2 Å². The molecule has 0 amide bonds. The van der Waals surface area contributed by atoms with E-state index in [9.17, 15) is 0 Å². The Hall–Kier alpha value is -0.870. The van der Waals surface area contributed by atoms with E-state index >= 15 is 0 Å². The van der Waals surface area contributed by atoms with Gasteiger partial charge in [0.2, 0.25) is 0 Å². The molecule has 0 radical (unpaired) electrons. The quantitative estimate of drug-likeness (QED) is 0.884. The summed E-state index contributed by atoms with van der Waals surface area (Å²) in [5.74, 6) is 0. The monoisotopic (exact) mass is 264 g/mol. The lowest BCUT2D eigenvalue weighted by atomic mass is 9.86. The van der Waals surface area contributed by atoms with E-state index in [-0.39, 0.29) is 11.1 Å². The molecular formula is C15H28N4. The van der Waals surface area contributed by atoms with Crippen molar-refractivity contribution in [1.29, 1.82) is 0 Å². The number of aromatic nitrogens is 2. The third kappa shape index (κ3) is 3.18. The molecule has 1 N–H and O–H groups in total. The van der Waals surface area contributed by atoms with Crippen LogP contribution in [0.15, 0.2) is 18.5 Å². The number of hydrogen-bond acceptors (Lipinski definition) is 3. The summed E-state index contributed by atoms with van der Waals surface area (Å²) >= 11 is 0. The second-order valence-corrected chi connectivity index (χ2v) is 6.31. The molecule has 1 saturated heterocycles. The van der Waals surface area contributed by atoms with Gasteiger partial charge in [0, 0.05) is 43.1 Å². The van der Waals surface area contributed by atoms with E-state index in [4.69, 9.17) is 0 Å². The minimum Gasteiger partial charge on any atom is -0.308 e. The van der Waals surface area contributed by atoms with Gasteiger partial charge in [0.1, 0.15) is 0 Å². The van der Waals surface area contributed by atoms with Crippen LogP contribution in [0, 0.1) is 0 Å². The first-order valence-electron chi connectivity index (χ1n) is 7.49. The molecule has 0 bridgehead atoms. The highest BCUT2D eigenvalue weighted by Crippen LogP contribution is 2.28. The molecule has 108 valence electrons. The highest BCUT2D eigenvalue weighted by Gasteiger charge is 2.40. The Morgan fingerprint density at radius 2 is 2.00 bits per heavy atom. The maximum absolute atomic E-state index is 4.31. The van der Waals surface area contributed by atoms with Crippen LogP contribution in [-0.2, 0) is 6.54 Å². The fourth-order valence-corrected chi connectivity index (χ4v) is 2.77. The van der Waals surface area contributed by atoms with Gasteiger partial charge in [0.25, 0.3) is 0 Å². The zero-order valence-electron chi connectivity index (χ0n) is 12.8. The molecule has 19 heavy (non-hydrogen) atoms. The highest BCUT2D eigenvalue weighted by atomic mass is 15.3. The van der Waals surface area contributed by atoms with Crippen LogP contribution >= 0.6 is 0 Å². The van der Waals surface area contributed by atoms with Crippen molar-refractivity contribution in [2.75, 3.05) is 19.6 Å². The maximum Gasteiger partial charge on any atom is 0.0536 e. The number of piperazine rings is 1. The van der Waals surface area contributed by atoms with Gasteiger partial charge in [-0.2, -0.15) is 5.10 Å². The van der Waals surface area contributed by atoms with Crippen molar-refractivity contribution in [3.05, 3.63) is 18.5 Å². The summed E-state index contributed by atoms with van der Waals surface area (Å²) in [5, 5.41) is 8.05. The summed E-state index contributed by atoms with van der Waals surface area (Å²) in [6.45, 7) is 13.5. The molecule has 2 heterocycles. The average molecular weight is 264 g/mol. The maximum atomic E-state index is 4.31. The normalized spacial score (nSPS) is 32.6. The Morgan fingerprint density at radius 3 is 2.58 bits per heavy atom. The van der Waals surface area contributed by atoms with Crippen LogP contribution in [0.4, 0.5) is 0 Å². The van der Waals surface area contributed by atoms with Crippen LogP contribution in [0.2, 0.25) is 0 Å². The summed E-state index contributed by atoms with van der Waals surface area (Å²) in [5.41, 5.74) is 0.515. The zero-order chi connectivity index (χ0) is 13.9. The van der Waals surface area contributed by atoms with E-state index < -0.39 is 0 Å². The van der Waals surface area contributed by atoms with Gasteiger partial charge in [-0.3, -0.25) is 9.58 Å². The fraction of sp³-hybridized carbons (Fsp3) is 0.800. The molecule has 2 atom stereocenters. The molecule has 0 aliphatic carbocycles. The summed E-state index contributed by atoms with van der Waals surface area (Å²) in [4.78, 5) is 2.65. The Morgan fingerprint density at radius 1 is 1.21 bits per heavy atom. The van der Waals surface area contributed by atoms with E-state index in [2.05, 4.69) is 43.0 Å². The molecular weight excluding hydrogens is 236 g/mol. The lowest BCUT2D eigenvalue weighted by Crippen LogP contribution is -2.68. The Kier molecular flexibility index (Phi) is 4.31. The van der Waals surface area contributed by atoms with Crippen molar-refractivity contribution < 1.29 is 0 Å². The standard InChI is InChI=1S/C15H28N4/c1-5-14(3)13-18(15(4,6-2)12-16-14)10-11-19-9-7-8-17-19/h7-9,16H,5-6,10-13H2,1-4H3. The zero-order valence-corrected chi connectivity index (χ0v) is 12.8. The summed E-state index contributed by atoms with van der Waals surface area (Å²) < 4.78 is 2.03. The number of nitrogens with one attached hydrogen (secondary N) is 1. The van der Waals surface area contributed by atoms with Crippen LogP contribution in [0.1, 0.15) is 40.5 Å². The second kappa shape index (κ2) is 5.63. The smallest absolute Gasteiger partial charge is 0.0536 e. The van der Waals surface area contributed by atoms with Gasteiger partial charge in [0.05, 0.1) is 6.54 Å². The van der Waals surface area contributed by atoms with Gasteiger partial charge in [-0.15, -0.1) is 0 Å². The third-order valence-electron chi connectivity index (χ3n) is 4.90. The molecule has 0 aromatic carbocycles. The Balaban J connectivity index is 2.03. The minimum absolute atomic E-state index is 0.249. The lowest BCUT2D eigenvalue weighted by Gasteiger charge is -2.52. The van der Waals surface area contributed by atoms with Gasteiger partial charge in [-0.05, 0) is 32.8 Å². The average Bonchev–Trinajstić information content (AvgIpc) is 2.93. The minimum atomic E-state index is 0.249. The highest BCUT2D eigenvalue weighted by molar-refractivity contribution is 5.00. The van der Waals surface area contributed by atoms with E-state index in [1.807, 2.05) is 23.1 Å². The van der Waals surface area contributed by atoms with Crippen molar-refractivity contribution in [3.63, 3.8) is 0 Å². The van der Waals surface area contributed by atoms with Crippen LogP contribution in [-0.4, -0.2) is 45.4 Å². The molecule has 1 aromatic heterocycles. The largest absolute Gasteiger partial charge is 0.308 e. The van der Waals surface area contributed by atoms with Crippen LogP contribution < -0.4 is 5.32 Å². The van der Waals surface area contributed by atoms with Crippen LogP contribution in [0.3, 0.4) is 0 Å². The van der Waals surface area contributed by atoms with E-state index in [1.165, 1.54) is 12.8 Å². The molecule has 1 aromatic rings. The molecule has 1 aliphatic heterocycles. The third-order valence-corrected chi connectivity index (χ3v) is 4.90. The molecule has 0 saturated carbocycles. The van der Waals surface area contributed by atoms with Gasteiger partial charge in [0.15, 0.2) is 0 Å². The van der Waals surface area contributed by atoms with Crippen molar-refractivity contribution in [3.8, 4) is 0 Å². The lowest BCUT2D eigenvalue weighted by molar-refractivity contribution is 0.0139. The number of rotatable bonds is 5. The molecule has 4 heteroatoms. The van der Waals surface area contributed by atoms with Gasteiger partial charge >= 0.3 is 0 Å². The number of nitrogens with zero attached hydrogens (tertiary/aromatic N) is 3. The summed E-state index contributed by atoms with van der Waals surface area (Å²) in [7, 11) is 0. The summed E-state index contributed by atoms with van der Waals surface area (Å²) in [6.07, 6.45) is 6.25. The van der Waals surface area contributed by atoms with E-state index in [0.29, 0.717) is 0 Å². The first-order valence-corrected chi connectivity index (χ1v) is 7.49. The van der Waals surface area contributed by atoms with Crippen LogP contribution in [0.25, 0.3) is 0 Å². The van der Waals surface area contributed by atoms with Gasteiger partial charge in [-0.25, -0.2) is 0 Å². The molecule has 2 rings (SSSR count). The molecule has 4 nitrogen and oxygen atoms in total. The van der Waals surface area contributed by atoms with Crippen LogP contribution in [0.5, 0.6) is 0 Å². The predicted molar refractivity (Wildman–Crippen MR) is 79.2 cm³/mol. The molecule has 0 spiro atoms. The summed E-state index contributed by atoms with van der Waals surface area (Å²) in [6, 6.07) is 1.99. The van der Waals surface area contributed by atoms with E-state index in [0.717, 1.165) is 26.2 Å². The Bertz CT molecular complexity index is 389. The Labute approximate surface area is 117 Å². The molecule has 1 fully saturated rings. The predicted octanol–water partition coefficient (Wildman–Crippen LogP) is 2.13. The van der Waals surface area contributed by atoms with Gasteiger partial charge < -0.3 is 5.32 Å². The van der Waals surface area contributed by atoms with E-state index in [1.54, 1.807) is 0 Å². The van der Waals surface area contributed by atoms with Crippen molar-refractivity contribution in [2.24, 2.45) is 0 Å². The first kappa shape index (κ1) is 14.5. The van der Waals surface area contributed by atoms with Crippen molar-refractivity contribution in [1.82, 2.24) is 20.0 Å². The number of hydrogen-bond donors (Lipinski definition) is 1. The SMILES string of the molecule is CCC1(C)CN(CCn2cccn2)C(C)(CC)CN1. The second-order valence-electron chi connectivity index (χ2n) is 6.31. The molecule has 2 unspecified atom stereocenters. The van der Waals surface area contributed by atoms with Crippen molar-refractivity contribution >= 4 is 0 Å².